The molecular formula is C17H22N2O2. The molecule has 1 atom stereocenters. The fraction of sp³-hybridized carbons (Fsp3) is 0.529. The number of hydrogen-bond acceptors (Lipinski definition) is 3. The van der Waals surface area contributed by atoms with Crippen molar-refractivity contribution in [3.05, 3.63) is 35.9 Å². The fourth-order valence-electron chi connectivity index (χ4n) is 3.72. The molecule has 4 nitrogen and oxygen atoms in total. The van der Waals surface area contributed by atoms with Crippen molar-refractivity contribution in [3.63, 3.8) is 0 Å². The van der Waals surface area contributed by atoms with Crippen LogP contribution in [-0.4, -0.2) is 23.3 Å². The van der Waals surface area contributed by atoms with E-state index < -0.39 is 0 Å². The van der Waals surface area contributed by atoms with Crippen LogP contribution < -0.4 is 5.73 Å². The summed E-state index contributed by atoms with van der Waals surface area (Å²) in [4.78, 5) is 26.1. The summed E-state index contributed by atoms with van der Waals surface area (Å²) in [6.45, 7) is 0.289. The largest absolute Gasteiger partial charge is 0.322 e. The van der Waals surface area contributed by atoms with E-state index in [-0.39, 0.29) is 29.8 Å². The van der Waals surface area contributed by atoms with Crippen LogP contribution in [0.15, 0.2) is 30.3 Å². The molecule has 1 spiro atoms. The Morgan fingerprint density at radius 3 is 2.19 bits per heavy atom. The van der Waals surface area contributed by atoms with Crippen LogP contribution in [0, 0.1) is 5.41 Å². The third-order valence-corrected chi connectivity index (χ3v) is 4.93. The van der Waals surface area contributed by atoms with E-state index in [9.17, 15) is 9.59 Å². The van der Waals surface area contributed by atoms with Crippen LogP contribution in [-0.2, 0) is 9.59 Å². The topological polar surface area (TPSA) is 63.4 Å². The summed E-state index contributed by atoms with van der Waals surface area (Å²) in [7, 11) is 0. The first-order valence-electron chi connectivity index (χ1n) is 7.73. The minimum absolute atomic E-state index is 0.0402. The zero-order valence-electron chi connectivity index (χ0n) is 12.3. The van der Waals surface area contributed by atoms with E-state index in [1.165, 1.54) is 4.90 Å². The first kappa shape index (κ1) is 14.3. The number of rotatable bonds is 3. The van der Waals surface area contributed by atoms with Crippen LogP contribution >= 0.6 is 0 Å². The Morgan fingerprint density at radius 2 is 1.62 bits per heavy atom. The number of piperidine rings is 1. The number of carbonyl (C=O) groups excluding carboxylic acids is 2. The summed E-state index contributed by atoms with van der Waals surface area (Å²) >= 11 is 0. The third-order valence-electron chi connectivity index (χ3n) is 4.93. The van der Waals surface area contributed by atoms with Crippen molar-refractivity contribution in [1.29, 1.82) is 0 Å². The molecule has 1 heterocycles. The molecule has 21 heavy (non-hydrogen) atoms. The Balaban J connectivity index is 1.69. The zero-order chi connectivity index (χ0) is 14.9. The van der Waals surface area contributed by atoms with Crippen LogP contribution in [0.25, 0.3) is 0 Å². The average Bonchev–Trinajstić information content (AvgIpc) is 2.91. The first-order valence-corrected chi connectivity index (χ1v) is 7.73. The minimum atomic E-state index is -0.309. The summed E-state index contributed by atoms with van der Waals surface area (Å²) in [6.07, 6.45) is 5.35. The van der Waals surface area contributed by atoms with Crippen LogP contribution in [0.3, 0.4) is 0 Å². The third kappa shape index (κ3) is 2.86. The second-order valence-corrected chi connectivity index (χ2v) is 6.48. The Labute approximate surface area is 125 Å². The zero-order valence-corrected chi connectivity index (χ0v) is 12.3. The Kier molecular flexibility index (Phi) is 3.81. The molecule has 1 aliphatic heterocycles. The molecule has 2 aliphatic rings. The maximum Gasteiger partial charge on any atom is 0.229 e. The summed E-state index contributed by atoms with van der Waals surface area (Å²) in [5.41, 5.74) is 7.07. The number of hydrogen-bond donors (Lipinski definition) is 1. The number of nitrogens with two attached hydrogens (primary N) is 1. The van der Waals surface area contributed by atoms with Gasteiger partial charge in [-0.1, -0.05) is 43.2 Å². The lowest BCUT2D eigenvalue weighted by Gasteiger charge is -2.38. The van der Waals surface area contributed by atoms with E-state index in [0.29, 0.717) is 12.8 Å². The van der Waals surface area contributed by atoms with Crippen molar-refractivity contribution >= 4 is 11.8 Å². The Morgan fingerprint density at radius 1 is 1.05 bits per heavy atom. The van der Waals surface area contributed by atoms with Gasteiger partial charge in [0.25, 0.3) is 0 Å². The highest BCUT2D eigenvalue weighted by Gasteiger charge is 2.45. The van der Waals surface area contributed by atoms with E-state index in [1.54, 1.807) is 0 Å². The predicted octanol–water partition coefficient (Wildman–Crippen LogP) is 2.40. The number of amides is 2. The fourth-order valence-corrected chi connectivity index (χ4v) is 3.72. The molecule has 1 saturated carbocycles. The molecule has 0 bridgehead atoms. The summed E-state index contributed by atoms with van der Waals surface area (Å²) < 4.78 is 0. The SMILES string of the molecule is NC(CN1C(=O)CC2(CCCC2)CC1=O)c1ccccc1. The van der Waals surface area contributed by atoms with Crippen LogP contribution in [0.2, 0.25) is 0 Å². The molecule has 4 heteroatoms. The monoisotopic (exact) mass is 286 g/mol. The van der Waals surface area contributed by atoms with Gasteiger partial charge in [0.05, 0.1) is 0 Å². The van der Waals surface area contributed by atoms with Gasteiger partial charge in [0, 0.05) is 25.4 Å². The van der Waals surface area contributed by atoms with Crippen LogP contribution in [0.4, 0.5) is 0 Å². The molecule has 1 aliphatic carbocycles. The maximum atomic E-state index is 12.4. The van der Waals surface area contributed by atoms with Gasteiger partial charge in [-0.3, -0.25) is 14.5 Å². The smallest absolute Gasteiger partial charge is 0.229 e. The van der Waals surface area contributed by atoms with Crippen LogP contribution in [0.5, 0.6) is 0 Å². The second-order valence-electron chi connectivity index (χ2n) is 6.48. The highest BCUT2D eigenvalue weighted by molar-refractivity contribution is 5.98. The lowest BCUT2D eigenvalue weighted by Crippen LogP contribution is -2.49. The van der Waals surface area contributed by atoms with Gasteiger partial charge < -0.3 is 5.73 Å². The van der Waals surface area contributed by atoms with Crippen molar-refractivity contribution in [2.24, 2.45) is 11.1 Å². The summed E-state index contributed by atoms with van der Waals surface area (Å²) in [5, 5.41) is 0. The minimum Gasteiger partial charge on any atom is -0.322 e. The number of likely N-dealkylation sites (tertiary alicyclic amines) is 1. The lowest BCUT2D eigenvalue weighted by atomic mass is 9.76. The number of carbonyl (C=O) groups is 2. The molecule has 1 saturated heterocycles. The lowest BCUT2D eigenvalue weighted by molar-refractivity contribution is -0.153. The molecule has 1 unspecified atom stereocenters. The van der Waals surface area contributed by atoms with E-state index in [4.69, 9.17) is 5.73 Å². The Bertz CT molecular complexity index is 515. The normalized spacial score (nSPS) is 22.8. The van der Waals surface area contributed by atoms with Crippen molar-refractivity contribution in [2.75, 3.05) is 6.54 Å². The molecule has 0 aromatic heterocycles. The van der Waals surface area contributed by atoms with Gasteiger partial charge in [-0.15, -0.1) is 0 Å². The van der Waals surface area contributed by atoms with E-state index in [2.05, 4.69) is 0 Å². The molecule has 1 aromatic carbocycles. The second kappa shape index (κ2) is 5.60. The maximum absolute atomic E-state index is 12.4. The Hall–Kier alpha value is -1.68. The number of nitrogens with zero attached hydrogens (tertiary/aromatic N) is 1. The molecule has 2 amide bonds. The van der Waals surface area contributed by atoms with E-state index >= 15 is 0 Å². The van der Waals surface area contributed by atoms with E-state index in [1.807, 2.05) is 30.3 Å². The van der Waals surface area contributed by atoms with Gasteiger partial charge in [0.1, 0.15) is 0 Å². The van der Waals surface area contributed by atoms with Crippen molar-refractivity contribution in [1.82, 2.24) is 4.90 Å². The van der Waals surface area contributed by atoms with Gasteiger partial charge >= 0.3 is 0 Å². The average molecular weight is 286 g/mol. The quantitative estimate of drug-likeness (QED) is 0.868. The predicted molar refractivity (Wildman–Crippen MR) is 80.2 cm³/mol. The molecule has 112 valence electrons. The van der Waals surface area contributed by atoms with Gasteiger partial charge in [-0.2, -0.15) is 0 Å². The van der Waals surface area contributed by atoms with E-state index in [0.717, 1.165) is 31.2 Å². The number of imide groups is 1. The number of benzene rings is 1. The van der Waals surface area contributed by atoms with Crippen molar-refractivity contribution in [3.8, 4) is 0 Å². The molecular weight excluding hydrogens is 264 g/mol. The van der Waals surface area contributed by atoms with Gasteiger partial charge in [-0.25, -0.2) is 0 Å². The molecule has 3 rings (SSSR count). The highest BCUT2D eigenvalue weighted by atomic mass is 16.2. The molecule has 0 radical (unpaired) electrons. The first-order chi connectivity index (χ1) is 10.1. The van der Waals surface area contributed by atoms with Crippen LogP contribution in [0.1, 0.15) is 50.1 Å². The van der Waals surface area contributed by atoms with Gasteiger partial charge in [0.2, 0.25) is 11.8 Å². The molecule has 2 fully saturated rings. The van der Waals surface area contributed by atoms with Gasteiger partial charge in [-0.05, 0) is 23.8 Å². The highest BCUT2D eigenvalue weighted by Crippen LogP contribution is 2.47. The summed E-state index contributed by atoms with van der Waals surface area (Å²) in [6, 6.07) is 9.32. The standard InChI is InChI=1S/C17H22N2O2/c18-14(13-6-2-1-3-7-13)12-19-15(20)10-17(11-16(19)21)8-4-5-9-17/h1-3,6-7,14H,4-5,8-12,18H2. The van der Waals surface area contributed by atoms with Crippen molar-refractivity contribution in [2.45, 2.75) is 44.6 Å². The summed E-state index contributed by atoms with van der Waals surface area (Å²) in [5.74, 6) is -0.0842. The molecule has 1 aromatic rings. The van der Waals surface area contributed by atoms with Crippen molar-refractivity contribution < 1.29 is 9.59 Å². The van der Waals surface area contributed by atoms with Gasteiger partial charge in [0.15, 0.2) is 0 Å². The molecule has 2 N–H and O–H groups in total.